The number of ketones is 1. The number of fused-ring (bicyclic) bond motifs is 1. The number of hydrogen-bond donors (Lipinski definition) is 1. The van der Waals surface area contributed by atoms with Gasteiger partial charge in [-0.05, 0) is 18.1 Å². The summed E-state index contributed by atoms with van der Waals surface area (Å²) in [6.45, 7) is 1.04. The minimum Gasteiger partial charge on any atom is -0.337 e. The first-order valence-electron chi connectivity index (χ1n) is 7.47. The third-order valence-electron chi connectivity index (χ3n) is 3.86. The van der Waals surface area contributed by atoms with E-state index < -0.39 is 0 Å². The van der Waals surface area contributed by atoms with Crippen molar-refractivity contribution in [3.8, 4) is 0 Å². The molecular formula is C18H18N2O2. The summed E-state index contributed by atoms with van der Waals surface area (Å²) in [6.07, 6.45) is 1.19. The lowest BCUT2D eigenvalue weighted by Crippen LogP contribution is -2.39. The topological polar surface area (TPSA) is 49.4 Å². The molecule has 1 aliphatic rings. The molecule has 1 aliphatic heterocycles. The number of nitrogens with one attached hydrogen (secondary N) is 1. The van der Waals surface area contributed by atoms with Gasteiger partial charge in [-0.2, -0.15) is 0 Å². The second-order valence-corrected chi connectivity index (χ2v) is 5.30. The molecule has 1 heterocycles. The number of amides is 2. The lowest BCUT2D eigenvalue weighted by Gasteiger charge is -2.17. The first kappa shape index (κ1) is 14.3. The van der Waals surface area contributed by atoms with Crippen molar-refractivity contribution in [2.24, 2.45) is 0 Å². The highest BCUT2D eigenvalue weighted by Crippen LogP contribution is 2.27. The molecular weight excluding hydrogens is 276 g/mol. The average molecular weight is 294 g/mol. The average Bonchev–Trinajstić information content (AvgIpc) is 2.99. The molecule has 0 aliphatic carbocycles. The first-order valence-corrected chi connectivity index (χ1v) is 7.47. The number of carbonyl (C=O) groups is 2. The van der Waals surface area contributed by atoms with Crippen molar-refractivity contribution in [3.05, 3.63) is 65.7 Å². The molecule has 22 heavy (non-hydrogen) atoms. The molecule has 0 saturated heterocycles. The second-order valence-electron chi connectivity index (χ2n) is 5.30. The first-order chi connectivity index (χ1) is 10.8. The van der Waals surface area contributed by atoms with Crippen LogP contribution in [0.25, 0.3) is 0 Å². The molecule has 4 nitrogen and oxygen atoms in total. The van der Waals surface area contributed by atoms with Crippen LogP contribution in [0.15, 0.2) is 54.6 Å². The van der Waals surface area contributed by atoms with Gasteiger partial charge in [-0.15, -0.1) is 0 Å². The van der Waals surface area contributed by atoms with E-state index in [-0.39, 0.29) is 11.8 Å². The second kappa shape index (κ2) is 6.43. The lowest BCUT2D eigenvalue weighted by molar-refractivity contribution is 0.0983. The van der Waals surface area contributed by atoms with Gasteiger partial charge in [0.15, 0.2) is 5.78 Å². The number of anilines is 1. The van der Waals surface area contributed by atoms with E-state index in [1.807, 2.05) is 42.5 Å². The fourth-order valence-electron chi connectivity index (χ4n) is 2.70. The molecule has 2 aromatic carbocycles. The highest BCUT2D eigenvalue weighted by Gasteiger charge is 2.23. The molecule has 3 rings (SSSR count). The van der Waals surface area contributed by atoms with Crippen LogP contribution in [0, 0.1) is 0 Å². The standard InChI is InChI=1S/C18H18N2O2/c21-17(15-7-2-1-3-8-15)10-12-19-18(22)20-13-11-14-6-4-5-9-16(14)20/h1-9H,10-13H2,(H,19,22). The summed E-state index contributed by atoms with van der Waals surface area (Å²) in [5, 5.41) is 2.83. The summed E-state index contributed by atoms with van der Waals surface area (Å²) in [5.74, 6) is 0.0442. The number of nitrogens with zero attached hydrogens (tertiary/aromatic N) is 1. The molecule has 2 amide bonds. The van der Waals surface area contributed by atoms with Gasteiger partial charge in [-0.25, -0.2) is 4.79 Å². The largest absolute Gasteiger partial charge is 0.337 e. The van der Waals surface area contributed by atoms with Crippen LogP contribution in [0.3, 0.4) is 0 Å². The van der Waals surface area contributed by atoms with Gasteiger partial charge < -0.3 is 5.32 Å². The third-order valence-corrected chi connectivity index (χ3v) is 3.86. The summed E-state index contributed by atoms with van der Waals surface area (Å²) >= 11 is 0. The normalized spacial score (nSPS) is 12.8. The van der Waals surface area contributed by atoms with Gasteiger partial charge in [-0.1, -0.05) is 48.5 Å². The number of benzene rings is 2. The Labute approximate surface area is 129 Å². The van der Waals surface area contributed by atoms with E-state index >= 15 is 0 Å². The Bertz CT molecular complexity index is 682. The third kappa shape index (κ3) is 3.01. The lowest BCUT2D eigenvalue weighted by atomic mass is 10.1. The van der Waals surface area contributed by atoms with E-state index in [0.29, 0.717) is 25.1 Å². The van der Waals surface area contributed by atoms with Crippen LogP contribution in [0.5, 0.6) is 0 Å². The number of Topliss-reactive ketones (excluding diaryl/α,β-unsaturated/α-hetero) is 1. The summed E-state index contributed by atoms with van der Waals surface area (Å²) in [6, 6.07) is 16.9. The molecule has 0 unspecified atom stereocenters. The molecule has 0 bridgehead atoms. The molecule has 0 aromatic heterocycles. The fourth-order valence-corrected chi connectivity index (χ4v) is 2.70. The van der Waals surface area contributed by atoms with Crippen LogP contribution >= 0.6 is 0 Å². The van der Waals surface area contributed by atoms with Crippen molar-refractivity contribution in [1.29, 1.82) is 0 Å². The van der Waals surface area contributed by atoms with Gasteiger partial charge in [0, 0.05) is 30.8 Å². The summed E-state index contributed by atoms with van der Waals surface area (Å²) in [4.78, 5) is 25.9. The minimum absolute atomic E-state index is 0.0442. The minimum atomic E-state index is -0.134. The van der Waals surface area contributed by atoms with Crippen LogP contribution in [-0.2, 0) is 6.42 Å². The van der Waals surface area contributed by atoms with E-state index in [0.717, 1.165) is 12.1 Å². The molecule has 0 spiro atoms. The molecule has 0 radical (unpaired) electrons. The monoisotopic (exact) mass is 294 g/mol. The molecule has 112 valence electrons. The molecule has 0 atom stereocenters. The van der Waals surface area contributed by atoms with Gasteiger partial charge in [0.05, 0.1) is 0 Å². The van der Waals surface area contributed by atoms with Gasteiger partial charge >= 0.3 is 6.03 Å². The maximum Gasteiger partial charge on any atom is 0.321 e. The van der Waals surface area contributed by atoms with Gasteiger partial charge in [-0.3, -0.25) is 9.69 Å². The number of carbonyl (C=O) groups excluding carboxylic acids is 2. The Kier molecular flexibility index (Phi) is 4.19. The summed E-state index contributed by atoms with van der Waals surface area (Å²) in [7, 11) is 0. The van der Waals surface area contributed by atoms with Crippen LogP contribution in [0.2, 0.25) is 0 Å². The summed E-state index contributed by atoms with van der Waals surface area (Å²) < 4.78 is 0. The van der Waals surface area contributed by atoms with E-state index in [1.165, 1.54) is 5.56 Å². The molecule has 1 N–H and O–H groups in total. The number of para-hydroxylation sites is 1. The predicted molar refractivity (Wildman–Crippen MR) is 86.3 cm³/mol. The van der Waals surface area contributed by atoms with E-state index in [2.05, 4.69) is 5.32 Å². The van der Waals surface area contributed by atoms with Crippen molar-refractivity contribution >= 4 is 17.5 Å². The Morgan fingerprint density at radius 3 is 2.55 bits per heavy atom. The van der Waals surface area contributed by atoms with Crippen LogP contribution in [0.4, 0.5) is 10.5 Å². The number of urea groups is 1. The van der Waals surface area contributed by atoms with E-state index in [1.54, 1.807) is 17.0 Å². The maximum atomic E-state index is 12.2. The molecule has 0 saturated carbocycles. The van der Waals surface area contributed by atoms with Crippen LogP contribution in [0.1, 0.15) is 22.3 Å². The van der Waals surface area contributed by atoms with Crippen LogP contribution < -0.4 is 10.2 Å². The maximum absolute atomic E-state index is 12.2. The SMILES string of the molecule is O=C(CCNC(=O)N1CCc2ccccc21)c1ccccc1. The van der Waals surface area contributed by atoms with Crippen molar-refractivity contribution in [2.75, 3.05) is 18.0 Å². The number of rotatable bonds is 4. The Balaban J connectivity index is 1.53. The zero-order valence-electron chi connectivity index (χ0n) is 12.3. The van der Waals surface area contributed by atoms with Gasteiger partial charge in [0.25, 0.3) is 0 Å². The quantitative estimate of drug-likeness (QED) is 0.881. The zero-order valence-corrected chi connectivity index (χ0v) is 12.3. The Morgan fingerprint density at radius 2 is 1.73 bits per heavy atom. The zero-order chi connectivity index (χ0) is 15.4. The van der Waals surface area contributed by atoms with Gasteiger partial charge in [0.1, 0.15) is 0 Å². The molecule has 4 heteroatoms. The van der Waals surface area contributed by atoms with Crippen molar-refractivity contribution in [3.63, 3.8) is 0 Å². The predicted octanol–water partition coefficient (Wildman–Crippen LogP) is 3.03. The Morgan fingerprint density at radius 1 is 1.00 bits per heavy atom. The molecule has 2 aromatic rings. The van der Waals surface area contributed by atoms with Crippen LogP contribution in [-0.4, -0.2) is 24.9 Å². The highest BCUT2D eigenvalue weighted by atomic mass is 16.2. The fraction of sp³-hybridized carbons (Fsp3) is 0.222. The van der Waals surface area contributed by atoms with Gasteiger partial charge in [0.2, 0.25) is 0 Å². The van der Waals surface area contributed by atoms with Crippen molar-refractivity contribution in [1.82, 2.24) is 5.32 Å². The Hall–Kier alpha value is -2.62. The van der Waals surface area contributed by atoms with E-state index in [9.17, 15) is 9.59 Å². The van der Waals surface area contributed by atoms with E-state index in [4.69, 9.17) is 0 Å². The highest BCUT2D eigenvalue weighted by molar-refractivity contribution is 5.97. The summed E-state index contributed by atoms with van der Waals surface area (Å²) in [5.41, 5.74) is 2.84. The van der Waals surface area contributed by atoms with Crippen molar-refractivity contribution in [2.45, 2.75) is 12.8 Å². The smallest absolute Gasteiger partial charge is 0.321 e. The van der Waals surface area contributed by atoms with Crippen molar-refractivity contribution < 1.29 is 9.59 Å². The number of hydrogen-bond acceptors (Lipinski definition) is 2. The molecule has 0 fully saturated rings.